The predicted molar refractivity (Wildman–Crippen MR) is 88.1 cm³/mol. The first-order valence-corrected chi connectivity index (χ1v) is 7.43. The molecule has 1 atom stereocenters. The van der Waals surface area contributed by atoms with E-state index < -0.39 is 17.2 Å². The molecule has 1 heterocycles. The Balaban J connectivity index is 2.41. The molecule has 124 valence electrons. The van der Waals surface area contributed by atoms with Gasteiger partial charge in [-0.15, -0.1) is 0 Å². The topological polar surface area (TPSA) is 64.4 Å². The van der Waals surface area contributed by atoms with Gasteiger partial charge < -0.3 is 14.1 Å². The number of aromatic nitrogens is 2. The van der Waals surface area contributed by atoms with E-state index in [9.17, 15) is 9.59 Å². The summed E-state index contributed by atoms with van der Waals surface area (Å²) in [6, 6.07) is 5.55. The van der Waals surface area contributed by atoms with Crippen molar-refractivity contribution in [2.45, 2.75) is 38.8 Å². The van der Waals surface area contributed by atoms with Crippen molar-refractivity contribution in [3.05, 3.63) is 30.1 Å². The fraction of sp³-hybridized carbons (Fsp3) is 0.471. The number of likely N-dealkylation sites (N-methyl/N-ethyl adjacent to an activating group) is 1. The molecule has 6 nitrogen and oxygen atoms in total. The van der Waals surface area contributed by atoms with Crippen molar-refractivity contribution < 1.29 is 14.3 Å². The zero-order valence-corrected chi connectivity index (χ0v) is 14.5. The number of hydrogen-bond acceptors (Lipinski definition) is 4. The number of imidazole rings is 1. The zero-order valence-electron chi connectivity index (χ0n) is 14.5. The summed E-state index contributed by atoms with van der Waals surface area (Å²) in [5.41, 5.74) is 0.665. The number of ether oxygens (including phenoxy) is 1. The number of amides is 1. The van der Waals surface area contributed by atoms with E-state index in [1.54, 1.807) is 41.1 Å². The van der Waals surface area contributed by atoms with E-state index in [0.717, 1.165) is 17.3 Å². The summed E-state index contributed by atoms with van der Waals surface area (Å²) in [5.74, 6) is 0. The second-order valence-corrected chi connectivity index (χ2v) is 6.86. The van der Waals surface area contributed by atoms with E-state index in [-0.39, 0.29) is 0 Å². The van der Waals surface area contributed by atoms with Gasteiger partial charge in [0.2, 0.25) is 0 Å². The van der Waals surface area contributed by atoms with Gasteiger partial charge in [0.25, 0.3) is 0 Å². The molecule has 0 aliphatic carbocycles. The van der Waals surface area contributed by atoms with E-state index in [1.807, 2.05) is 29.8 Å². The molecule has 0 aliphatic rings. The molecule has 1 amide bonds. The van der Waals surface area contributed by atoms with Crippen molar-refractivity contribution in [2.75, 3.05) is 7.05 Å². The van der Waals surface area contributed by atoms with Crippen LogP contribution in [0.25, 0.3) is 11.0 Å². The highest BCUT2D eigenvalue weighted by Crippen LogP contribution is 2.29. The van der Waals surface area contributed by atoms with Gasteiger partial charge >= 0.3 is 6.09 Å². The van der Waals surface area contributed by atoms with E-state index >= 15 is 0 Å². The number of fused-ring (bicyclic) bond motifs is 1. The maximum atomic E-state index is 12.3. The van der Waals surface area contributed by atoms with Crippen LogP contribution in [-0.2, 0) is 22.1 Å². The number of carbonyl (C=O) groups excluding carboxylic acids is 2. The molecule has 0 saturated heterocycles. The van der Waals surface area contributed by atoms with Gasteiger partial charge in [-0.25, -0.2) is 9.78 Å². The summed E-state index contributed by atoms with van der Waals surface area (Å²) in [7, 11) is 3.46. The van der Waals surface area contributed by atoms with Crippen molar-refractivity contribution in [2.24, 2.45) is 7.05 Å². The Morgan fingerprint density at radius 3 is 2.52 bits per heavy atom. The van der Waals surface area contributed by atoms with Crippen molar-refractivity contribution >= 4 is 23.4 Å². The van der Waals surface area contributed by atoms with E-state index in [2.05, 4.69) is 4.98 Å². The van der Waals surface area contributed by atoms with Crippen LogP contribution in [-0.4, -0.2) is 39.5 Å². The standard InChI is InChI=1S/C17H23N3O3/c1-16(2,3)23-15(22)20(6)17(4,10-21)12-7-8-14-13(9-12)18-11-19(14)5/h7-11H,1-6H3. The average Bonchev–Trinajstić information content (AvgIpc) is 2.84. The van der Waals surface area contributed by atoms with Crippen LogP contribution in [0.1, 0.15) is 33.3 Å². The number of aldehydes is 1. The van der Waals surface area contributed by atoms with Gasteiger partial charge in [0, 0.05) is 14.1 Å². The molecule has 2 rings (SSSR count). The number of carbonyl (C=O) groups is 2. The van der Waals surface area contributed by atoms with Gasteiger partial charge in [-0.1, -0.05) is 6.07 Å². The van der Waals surface area contributed by atoms with Crippen LogP contribution in [0.5, 0.6) is 0 Å². The molecule has 6 heteroatoms. The highest BCUT2D eigenvalue weighted by atomic mass is 16.6. The third-order valence-electron chi connectivity index (χ3n) is 3.90. The summed E-state index contributed by atoms with van der Waals surface area (Å²) >= 11 is 0. The first-order chi connectivity index (χ1) is 10.6. The molecule has 0 radical (unpaired) electrons. The Kier molecular flexibility index (Phi) is 4.20. The maximum absolute atomic E-state index is 12.3. The molecule has 0 fully saturated rings. The van der Waals surface area contributed by atoms with E-state index in [0.29, 0.717) is 5.56 Å². The highest BCUT2D eigenvalue weighted by molar-refractivity contribution is 5.82. The lowest BCUT2D eigenvalue weighted by atomic mass is 9.92. The molecule has 0 bridgehead atoms. The highest BCUT2D eigenvalue weighted by Gasteiger charge is 2.37. The van der Waals surface area contributed by atoms with Crippen molar-refractivity contribution in [3.63, 3.8) is 0 Å². The van der Waals surface area contributed by atoms with Crippen LogP contribution in [0.3, 0.4) is 0 Å². The first kappa shape index (κ1) is 17.0. The third-order valence-corrected chi connectivity index (χ3v) is 3.90. The van der Waals surface area contributed by atoms with Gasteiger partial charge in [0.05, 0.1) is 17.4 Å². The Bertz CT molecular complexity index is 745. The predicted octanol–water partition coefficient (Wildman–Crippen LogP) is 2.85. The van der Waals surface area contributed by atoms with Crippen molar-refractivity contribution in [1.29, 1.82) is 0 Å². The van der Waals surface area contributed by atoms with Gasteiger partial charge in [-0.05, 0) is 45.4 Å². The summed E-state index contributed by atoms with van der Waals surface area (Å²) < 4.78 is 7.27. The largest absolute Gasteiger partial charge is 0.444 e. The third kappa shape index (κ3) is 3.21. The Morgan fingerprint density at radius 2 is 1.96 bits per heavy atom. The second kappa shape index (κ2) is 5.68. The fourth-order valence-electron chi connectivity index (χ4n) is 2.31. The van der Waals surface area contributed by atoms with E-state index in [4.69, 9.17) is 4.74 Å². The van der Waals surface area contributed by atoms with Crippen molar-refractivity contribution in [3.8, 4) is 0 Å². The minimum absolute atomic E-state index is 0.548. The molecular weight excluding hydrogens is 294 g/mol. The van der Waals surface area contributed by atoms with Crippen LogP contribution in [0, 0.1) is 0 Å². The molecular formula is C17H23N3O3. The first-order valence-electron chi connectivity index (χ1n) is 7.43. The van der Waals surface area contributed by atoms with Crippen LogP contribution < -0.4 is 0 Å². The molecule has 1 aromatic heterocycles. The quantitative estimate of drug-likeness (QED) is 0.817. The summed E-state index contributed by atoms with van der Waals surface area (Å²) in [6.07, 6.45) is 1.92. The Labute approximate surface area is 136 Å². The minimum atomic E-state index is -1.13. The average molecular weight is 317 g/mol. The second-order valence-electron chi connectivity index (χ2n) is 6.86. The van der Waals surface area contributed by atoms with Crippen molar-refractivity contribution in [1.82, 2.24) is 14.5 Å². The van der Waals surface area contributed by atoms with Crippen LogP contribution in [0.4, 0.5) is 4.79 Å². The molecule has 2 aromatic rings. The van der Waals surface area contributed by atoms with Gasteiger partial charge in [-0.2, -0.15) is 0 Å². The lowest BCUT2D eigenvalue weighted by Gasteiger charge is -2.35. The molecule has 0 aliphatic heterocycles. The lowest BCUT2D eigenvalue weighted by Crippen LogP contribution is -2.48. The van der Waals surface area contributed by atoms with Gasteiger partial charge in [0.15, 0.2) is 0 Å². The number of nitrogens with zero attached hydrogens (tertiary/aromatic N) is 3. The molecule has 0 spiro atoms. The Hall–Kier alpha value is -2.37. The smallest absolute Gasteiger partial charge is 0.411 e. The number of benzene rings is 1. The molecule has 1 aromatic carbocycles. The van der Waals surface area contributed by atoms with Crippen LogP contribution >= 0.6 is 0 Å². The summed E-state index contributed by atoms with van der Waals surface area (Å²) in [5, 5.41) is 0. The molecule has 23 heavy (non-hydrogen) atoms. The monoisotopic (exact) mass is 317 g/mol. The number of aryl methyl sites for hydroxylation is 1. The van der Waals surface area contributed by atoms with Crippen LogP contribution in [0.2, 0.25) is 0 Å². The lowest BCUT2D eigenvalue weighted by molar-refractivity contribution is -0.117. The Morgan fingerprint density at radius 1 is 1.30 bits per heavy atom. The van der Waals surface area contributed by atoms with Crippen LogP contribution in [0.15, 0.2) is 24.5 Å². The normalized spacial score (nSPS) is 14.3. The minimum Gasteiger partial charge on any atom is -0.444 e. The maximum Gasteiger partial charge on any atom is 0.411 e. The number of hydrogen-bond donors (Lipinski definition) is 0. The summed E-state index contributed by atoms with van der Waals surface area (Å²) in [4.78, 5) is 29.8. The summed E-state index contributed by atoms with van der Waals surface area (Å²) in [6.45, 7) is 7.05. The zero-order chi connectivity index (χ0) is 17.4. The van der Waals surface area contributed by atoms with Gasteiger partial charge in [0.1, 0.15) is 17.4 Å². The van der Waals surface area contributed by atoms with Gasteiger partial charge in [-0.3, -0.25) is 4.90 Å². The number of rotatable bonds is 3. The SMILES string of the molecule is CN(C(=O)OC(C)(C)C)C(C)(C=O)c1ccc2c(c1)ncn2C. The molecule has 0 saturated carbocycles. The molecule has 1 unspecified atom stereocenters. The fourth-order valence-corrected chi connectivity index (χ4v) is 2.31. The molecule has 0 N–H and O–H groups in total. The van der Waals surface area contributed by atoms with E-state index in [1.165, 1.54) is 4.90 Å².